The molecule has 0 aromatic rings. The predicted octanol–water partition coefficient (Wildman–Crippen LogP) is 5.79. The van der Waals surface area contributed by atoms with Crippen LogP contribution in [-0.2, 0) is 23.9 Å². The van der Waals surface area contributed by atoms with E-state index >= 15 is 0 Å². The number of likely N-dealkylation sites (tertiary alicyclic amines) is 1. The highest BCUT2D eigenvalue weighted by atomic mass is 16.6. The summed E-state index contributed by atoms with van der Waals surface area (Å²) in [5, 5.41) is 0. The minimum atomic E-state index is -1.01. The zero-order valence-electron chi connectivity index (χ0n) is 24.1. The monoisotopic (exact) mass is 525 g/mol. The van der Waals surface area contributed by atoms with Crippen LogP contribution in [0.2, 0.25) is 0 Å². The number of Topliss-reactive ketones (excluding diaryl/α,β-unsaturated/α-hetero) is 1. The van der Waals surface area contributed by atoms with Gasteiger partial charge < -0.3 is 14.4 Å². The van der Waals surface area contributed by atoms with Crippen LogP contribution in [0.25, 0.3) is 0 Å². The van der Waals surface area contributed by atoms with Gasteiger partial charge in [0, 0.05) is 18.9 Å². The van der Waals surface area contributed by atoms with Gasteiger partial charge in [0.05, 0.1) is 6.42 Å². The fourth-order valence-corrected chi connectivity index (χ4v) is 9.37. The molecule has 1 saturated heterocycles. The lowest BCUT2D eigenvalue weighted by molar-refractivity contribution is -0.185. The SMILES string of the molecule is CC(=O)O[C@]1(C(C)=O)CC[C@@H]2[C@@H]3C=C(C)C4=C[C@H](OC(=O)CCN5CCCCC5)CC[C@]4(C)[C@H]3CC[C@@]21C. The van der Waals surface area contributed by atoms with Crippen LogP contribution < -0.4 is 0 Å². The van der Waals surface area contributed by atoms with Gasteiger partial charge in [-0.3, -0.25) is 14.4 Å². The first-order chi connectivity index (χ1) is 18.0. The van der Waals surface area contributed by atoms with Crippen LogP contribution in [0.4, 0.5) is 0 Å². The van der Waals surface area contributed by atoms with Crippen molar-refractivity contribution in [3.05, 3.63) is 23.3 Å². The second-order valence-electron chi connectivity index (χ2n) is 13.3. The summed E-state index contributed by atoms with van der Waals surface area (Å²) in [7, 11) is 0. The first-order valence-electron chi connectivity index (χ1n) is 15.0. The third kappa shape index (κ3) is 4.49. The number of allylic oxidation sites excluding steroid dienone is 3. The molecular formula is C32H47NO5. The fraction of sp³-hybridized carbons (Fsp3) is 0.781. The molecule has 0 bridgehead atoms. The van der Waals surface area contributed by atoms with Crippen LogP contribution in [0.5, 0.6) is 0 Å². The van der Waals surface area contributed by atoms with Crippen molar-refractivity contribution < 1.29 is 23.9 Å². The summed E-state index contributed by atoms with van der Waals surface area (Å²) in [6.07, 6.45) is 14.0. The Balaban J connectivity index is 1.34. The number of hydrogen-bond acceptors (Lipinski definition) is 6. The number of ether oxygens (including phenoxy) is 2. The lowest BCUT2D eigenvalue weighted by Crippen LogP contribution is -2.58. The van der Waals surface area contributed by atoms with E-state index in [9.17, 15) is 14.4 Å². The largest absolute Gasteiger partial charge is 0.458 e. The van der Waals surface area contributed by atoms with Crippen LogP contribution in [-0.4, -0.2) is 54.0 Å². The molecule has 210 valence electrons. The number of carbonyl (C=O) groups excluding carboxylic acids is 3. The average Bonchev–Trinajstić information content (AvgIpc) is 3.17. The Kier molecular flexibility index (Phi) is 7.43. The van der Waals surface area contributed by atoms with Crippen molar-refractivity contribution in [2.24, 2.45) is 28.6 Å². The molecule has 0 aromatic heterocycles. The molecule has 0 unspecified atom stereocenters. The van der Waals surface area contributed by atoms with E-state index in [1.54, 1.807) is 6.92 Å². The molecule has 3 fully saturated rings. The number of ketones is 1. The van der Waals surface area contributed by atoms with Gasteiger partial charge in [-0.1, -0.05) is 31.9 Å². The second kappa shape index (κ2) is 10.2. The van der Waals surface area contributed by atoms with Crippen LogP contribution in [0.15, 0.2) is 23.3 Å². The Labute approximate surface area is 228 Å². The molecule has 1 heterocycles. The van der Waals surface area contributed by atoms with Gasteiger partial charge in [-0.05, 0) is 113 Å². The molecule has 2 saturated carbocycles. The van der Waals surface area contributed by atoms with Gasteiger partial charge >= 0.3 is 11.9 Å². The van der Waals surface area contributed by atoms with E-state index in [2.05, 4.69) is 37.8 Å². The Hall–Kier alpha value is -1.95. The van der Waals surface area contributed by atoms with E-state index in [-0.39, 0.29) is 34.7 Å². The second-order valence-corrected chi connectivity index (χ2v) is 13.3. The first kappa shape index (κ1) is 27.6. The summed E-state index contributed by atoms with van der Waals surface area (Å²) in [5.74, 6) is 0.690. The highest BCUT2D eigenvalue weighted by Crippen LogP contribution is 2.68. The molecule has 5 rings (SSSR count). The number of fused-ring (bicyclic) bond motifs is 5. The van der Waals surface area contributed by atoms with Crippen LogP contribution in [0.1, 0.15) is 98.8 Å². The zero-order valence-corrected chi connectivity index (χ0v) is 24.1. The number of carbonyl (C=O) groups is 3. The van der Waals surface area contributed by atoms with Crippen molar-refractivity contribution in [3.8, 4) is 0 Å². The highest BCUT2D eigenvalue weighted by Gasteiger charge is 2.67. The smallest absolute Gasteiger partial charge is 0.307 e. The summed E-state index contributed by atoms with van der Waals surface area (Å²) in [6, 6.07) is 0. The van der Waals surface area contributed by atoms with E-state index in [1.165, 1.54) is 37.3 Å². The van der Waals surface area contributed by atoms with Crippen molar-refractivity contribution in [1.29, 1.82) is 0 Å². The van der Waals surface area contributed by atoms with E-state index in [1.807, 2.05) is 0 Å². The summed E-state index contributed by atoms with van der Waals surface area (Å²) in [5.41, 5.74) is 1.30. The summed E-state index contributed by atoms with van der Waals surface area (Å²) < 4.78 is 11.9. The van der Waals surface area contributed by atoms with Crippen molar-refractivity contribution >= 4 is 17.7 Å². The minimum absolute atomic E-state index is 0.0120. The maximum Gasteiger partial charge on any atom is 0.307 e. The molecule has 1 aliphatic heterocycles. The molecule has 7 atom stereocenters. The van der Waals surface area contributed by atoms with E-state index in [0.29, 0.717) is 30.6 Å². The molecule has 6 nitrogen and oxygen atoms in total. The third-order valence-electron chi connectivity index (χ3n) is 11.3. The van der Waals surface area contributed by atoms with Crippen LogP contribution in [0, 0.1) is 28.6 Å². The van der Waals surface area contributed by atoms with Gasteiger partial charge in [0.1, 0.15) is 6.10 Å². The van der Waals surface area contributed by atoms with Crippen molar-refractivity contribution in [1.82, 2.24) is 4.90 Å². The van der Waals surface area contributed by atoms with Crippen molar-refractivity contribution in [2.45, 2.75) is 111 Å². The Morgan fingerprint density at radius 1 is 0.947 bits per heavy atom. The maximum atomic E-state index is 13.0. The number of piperidine rings is 1. The van der Waals surface area contributed by atoms with E-state index in [0.717, 1.165) is 51.7 Å². The lowest BCUT2D eigenvalue weighted by Gasteiger charge is -2.58. The molecule has 38 heavy (non-hydrogen) atoms. The first-order valence-corrected chi connectivity index (χ1v) is 15.0. The molecular weight excluding hydrogens is 478 g/mol. The number of nitrogens with zero attached hydrogens (tertiary/aromatic N) is 1. The van der Waals surface area contributed by atoms with E-state index < -0.39 is 5.60 Å². The number of hydrogen-bond donors (Lipinski definition) is 0. The summed E-state index contributed by atoms with van der Waals surface area (Å²) in [4.78, 5) is 40.2. The standard InChI is InChI=1S/C32H47NO5/c1-21-19-25-26(10-14-31(5)27(25)11-15-32(31,22(2)34)38-23(3)35)30(4)13-9-24(20-28(21)30)37-29(36)12-18-33-16-7-6-8-17-33/h19-20,24-27H,6-18H2,1-5H3/t24-,25-,26+,27-,30-,31+,32+/m1/s1. The molecule has 0 radical (unpaired) electrons. The Bertz CT molecular complexity index is 1040. The molecule has 0 amide bonds. The summed E-state index contributed by atoms with van der Waals surface area (Å²) in [6.45, 7) is 12.8. The minimum Gasteiger partial charge on any atom is -0.458 e. The molecule has 5 aliphatic rings. The van der Waals surface area contributed by atoms with Crippen LogP contribution in [0.3, 0.4) is 0 Å². The van der Waals surface area contributed by atoms with Gasteiger partial charge in [0.2, 0.25) is 0 Å². The molecule has 0 aromatic carbocycles. The highest BCUT2D eigenvalue weighted by molar-refractivity contribution is 5.89. The normalized spacial score (nSPS) is 40.7. The average molecular weight is 526 g/mol. The van der Waals surface area contributed by atoms with Crippen molar-refractivity contribution in [2.75, 3.05) is 19.6 Å². The van der Waals surface area contributed by atoms with Gasteiger partial charge in [-0.2, -0.15) is 0 Å². The predicted molar refractivity (Wildman–Crippen MR) is 146 cm³/mol. The molecule has 4 aliphatic carbocycles. The fourth-order valence-electron chi connectivity index (χ4n) is 9.37. The third-order valence-corrected chi connectivity index (χ3v) is 11.3. The van der Waals surface area contributed by atoms with Crippen molar-refractivity contribution in [3.63, 3.8) is 0 Å². The Morgan fingerprint density at radius 2 is 1.66 bits per heavy atom. The van der Waals surface area contributed by atoms with Crippen LogP contribution >= 0.6 is 0 Å². The molecule has 6 heteroatoms. The van der Waals surface area contributed by atoms with Gasteiger partial charge in [0.15, 0.2) is 11.4 Å². The lowest BCUT2D eigenvalue weighted by atomic mass is 9.47. The Morgan fingerprint density at radius 3 is 2.34 bits per heavy atom. The summed E-state index contributed by atoms with van der Waals surface area (Å²) >= 11 is 0. The molecule has 0 N–H and O–H groups in total. The van der Waals surface area contributed by atoms with E-state index in [4.69, 9.17) is 9.47 Å². The quantitative estimate of drug-likeness (QED) is 0.409. The maximum absolute atomic E-state index is 13.0. The van der Waals surface area contributed by atoms with Gasteiger partial charge in [0.25, 0.3) is 0 Å². The topological polar surface area (TPSA) is 72.9 Å². The molecule has 0 spiro atoms. The number of rotatable bonds is 6. The number of esters is 2. The zero-order chi connectivity index (χ0) is 27.3. The van der Waals surface area contributed by atoms with Gasteiger partial charge in [-0.15, -0.1) is 0 Å². The van der Waals surface area contributed by atoms with Gasteiger partial charge in [-0.25, -0.2) is 0 Å².